The number of nitrogens with one attached hydrogen (secondary N) is 2. The van der Waals surface area contributed by atoms with Crippen LogP contribution in [0.15, 0.2) is 103 Å². The smallest absolute Gasteiger partial charge is 0.253 e. The first-order chi connectivity index (χ1) is 35.4. The number of halogens is 4. The molecule has 384 valence electrons. The van der Waals surface area contributed by atoms with Crippen molar-refractivity contribution in [1.82, 2.24) is 25.3 Å². The lowest BCUT2D eigenvalue weighted by Gasteiger charge is -2.34. The summed E-state index contributed by atoms with van der Waals surface area (Å²) in [6, 6.07) is 22.6. The zero-order chi connectivity index (χ0) is 50.8. The second-order valence-electron chi connectivity index (χ2n) is 20.5. The molecule has 73 heavy (non-hydrogen) atoms. The number of likely N-dealkylation sites (tertiary alicyclic amines) is 1. The van der Waals surface area contributed by atoms with Gasteiger partial charge in [0.05, 0.1) is 24.6 Å². The lowest BCUT2D eigenvalue weighted by molar-refractivity contribution is -0.151. The van der Waals surface area contributed by atoms with Gasteiger partial charge in [0.2, 0.25) is 17.7 Å². The third kappa shape index (κ3) is 11.5. The highest BCUT2D eigenvalue weighted by Crippen LogP contribution is 2.44. The van der Waals surface area contributed by atoms with Crippen molar-refractivity contribution in [3.63, 3.8) is 0 Å². The van der Waals surface area contributed by atoms with Crippen LogP contribution in [-0.2, 0) is 28.7 Å². The number of carbonyl (C=O) groups excluding carboxylic acids is 4. The number of nitrogens with two attached hydrogens (primary N) is 1. The molecule has 0 radical (unpaired) electrons. The van der Waals surface area contributed by atoms with Crippen LogP contribution < -0.4 is 16.4 Å². The van der Waals surface area contributed by atoms with Gasteiger partial charge in [0, 0.05) is 61.9 Å². The molecule has 4 amide bonds. The summed E-state index contributed by atoms with van der Waals surface area (Å²) < 4.78 is 74.6. The van der Waals surface area contributed by atoms with E-state index in [0.717, 1.165) is 61.1 Å². The van der Waals surface area contributed by atoms with E-state index in [1.807, 2.05) is 60.7 Å². The topological polar surface area (TPSA) is 147 Å². The Balaban J connectivity index is 0.813. The standard InChI is InChI=1S/C57H62F4N6O6/c58-40-15-16-48(60)43(25-40)38-23-50(35-7-3-1-4-8-35)66(29-38)56(70)47(34-11-12-34)31-72-32-52(68)64-49-17-20-63-28-46(49)45-27-41(59)26-44(54(45)61)39-24-51(36-9-5-2-6-10-36)67(30-39)57(71)55(37-13-14-37)73-33-53(69)65-21-18-42(62)19-22-65/h1-10,15-16,23-27,34,37,42,46-47,49-51,55,63H,11-14,17-22,28-33,62H2,(H,64,68)/t46?,47-,49?,50-,51-,55-/m0/s1. The van der Waals surface area contributed by atoms with Crippen LogP contribution in [0.2, 0.25) is 0 Å². The van der Waals surface area contributed by atoms with Gasteiger partial charge in [0.15, 0.2) is 0 Å². The molecule has 0 spiro atoms. The van der Waals surface area contributed by atoms with Gasteiger partial charge in [0.25, 0.3) is 5.91 Å². The Morgan fingerprint density at radius 2 is 1.32 bits per heavy atom. The average molecular weight is 1000 g/mol. The fourth-order valence-corrected chi connectivity index (χ4v) is 11.1. The maximum absolute atomic E-state index is 17.2. The molecular formula is C57H62F4N6O6. The third-order valence-electron chi connectivity index (χ3n) is 15.4. The maximum atomic E-state index is 17.2. The summed E-state index contributed by atoms with van der Waals surface area (Å²) >= 11 is 0. The van der Waals surface area contributed by atoms with Crippen molar-refractivity contribution >= 4 is 34.8 Å². The Hall–Kier alpha value is -6.20. The van der Waals surface area contributed by atoms with E-state index in [9.17, 15) is 23.6 Å². The Morgan fingerprint density at radius 3 is 1.96 bits per heavy atom. The van der Waals surface area contributed by atoms with Gasteiger partial charge in [-0.15, -0.1) is 0 Å². The highest BCUT2D eigenvalue weighted by molar-refractivity contribution is 5.88. The molecule has 10 rings (SSSR count). The molecule has 16 heteroatoms. The van der Waals surface area contributed by atoms with Crippen LogP contribution in [0.3, 0.4) is 0 Å². The van der Waals surface area contributed by atoms with Crippen LogP contribution in [0.1, 0.15) is 90.8 Å². The molecule has 4 N–H and O–H groups in total. The molecule has 2 unspecified atom stereocenters. The minimum Gasteiger partial charge on any atom is -0.371 e. The number of amides is 4. The molecule has 6 aliphatic rings. The van der Waals surface area contributed by atoms with E-state index < -0.39 is 65.2 Å². The van der Waals surface area contributed by atoms with Crippen LogP contribution in [0, 0.1) is 41.0 Å². The van der Waals surface area contributed by atoms with Crippen molar-refractivity contribution in [2.75, 3.05) is 59.1 Å². The number of piperidine rings is 2. The molecule has 4 fully saturated rings. The molecule has 2 aliphatic carbocycles. The number of ether oxygens (including phenoxy) is 2. The first-order valence-corrected chi connectivity index (χ1v) is 25.7. The van der Waals surface area contributed by atoms with E-state index in [4.69, 9.17) is 15.2 Å². The van der Waals surface area contributed by atoms with Crippen molar-refractivity contribution in [1.29, 1.82) is 0 Å². The molecule has 6 atom stereocenters. The number of rotatable bonds is 17. The third-order valence-corrected chi connectivity index (χ3v) is 15.4. The molecule has 4 heterocycles. The van der Waals surface area contributed by atoms with Gasteiger partial charge in [-0.1, -0.05) is 72.8 Å². The molecular weight excluding hydrogens is 941 g/mol. The summed E-state index contributed by atoms with van der Waals surface area (Å²) in [7, 11) is 0. The van der Waals surface area contributed by atoms with Crippen LogP contribution in [0.4, 0.5) is 17.6 Å². The van der Waals surface area contributed by atoms with Gasteiger partial charge in [-0.25, -0.2) is 17.6 Å². The monoisotopic (exact) mass is 1000 g/mol. The Bertz CT molecular complexity index is 2750. The molecule has 2 saturated carbocycles. The normalized spacial score (nSPS) is 23.2. The highest BCUT2D eigenvalue weighted by Gasteiger charge is 2.45. The molecule has 0 aromatic heterocycles. The van der Waals surface area contributed by atoms with Gasteiger partial charge in [0.1, 0.15) is 42.6 Å². The molecule has 2 saturated heterocycles. The van der Waals surface area contributed by atoms with Crippen LogP contribution >= 0.6 is 0 Å². The zero-order valence-corrected chi connectivity index (χ0v) is 40.7. The second-order valence-corrected chi connectivity index (χ2v) is 20.5. The molecule has 4 aromatic rings. The molecule has 4 aliphatic heterocycles. The van der Waals surface area contributed by atoms with Gasteiger partial charge < -0.3 is 40.5 Å². The van der Waals surface area contributed by atoms with Crippen molar-refractivity contribution in [2.45, 2.75) is 81.1 Å². The van der Waals surface area contributed by atoms with Gasteiger partial charge in [-0.3, -0.25) is 19.2 Å². The summed E-state index contributed by atoms with van der Waals surface area (Å²) in [5.74, 6) is -5.00. The Morgan fingerprint density at radius 1 is 0.699 bits per heavy atom. The van der Waals surface area contributed by atoms with E-state index in [1.54, 1.807) is 26.9 Å². The Labute approximate surface area is 422 Å². The van der Waals surface area contributed by atoms with Crippen molar-refractivity contribution < 1.29 is 46.2 Å². The maximum Gasteiger partial charge on any atom is 0.253 e. The number of carbonyl (C=O) groups is 4. The van der Waals surface area contributed by atoms with E-state index in [1.165, 1.54) is 6.07 Å². The lowest BCUT2D eigenvalue weighted by Crippen LogP contribution is -2.49. The largest absolute Gasteiger partial charge is 0.371 e. The highest BCUT2D eigenvalue weighted by atomic mass is 19.1. The minimum atomic E-state index is -0.882. The molecule has 0 bridgehead atoms. The molecule has 12 nitrogen and oxygen atoms in total. The fourth-order valence-electron chi connectivity index (χ4n) is 11.1. The van der Waals surface area contributed by atoms with E-state index in [-0.39, 0.29) is 91.7 Å². The van der Waals surface area contributed by atoms with Gasteiger partial charge >= 0.3 is 0 Å². The zero-order valence-electron chi connectivity index (χ0n) is 40.7. The van der Waals surface area contributed by atoms with Crippen molar-refractivity contribution in [3.05, 3.63) is 154 Å². The summed E-state index contributed by atoms with van der Waals surface area (Å²) in [5, 5.41) is 6.29. The summed E-state index contributed by atoms with van der Waals surface area (Å²) in [5.41, 5.74) is 8.75. The minimum absolute atomic E-state index is 0.0132. The predicted molar refractivity (Wildman–Crippen MR) is 266 cm³/mol. The van der Waals surface area contributed by atoms with E-state index >= 15 is 13.2 Å². The van der Waals surface area contributed by atoms with Crippen LogP contribution in [0.5, 0.6) is 0 Å². The van der Waals surface area contributed by atoms with Crippen molar-refractivity contribution in [2.24, 2.45) is 23.5 Å². The Kier molecular flexibility index (Phi) is 15.2. The van der Waals surface area contributed by atoms with Crippen LogP contribution in [0.25, 0.3) is 11.1 Å². The number of hydrogen-bond donors (Lipinski definition) is 3. The van der Waals surface area contributed by atoms with Gasteiger partial charge in [-0.2, -0.15) is 0 Å². The van der Waals surface area contributed by atoms with Gasteiger partial charge in [-0.05, 0) is 121 Å². The summed E-state index contributed by atoms with van der Waals surface area (Å²) in [6.45, 7) is 1.20. The number of nitrogens with zero attached hydrogens (tertiary/aromatic N) is 3. The van der Waals surface area contributed by atoms with E-state index in [2.05, 4.69) is 10.6 Å². The first kappa shape index (κ1) is 50.3. The number of benzene rings is 4. The SMILES string of the molecule is NC1CCN(C(=O)CO[C@H](C(=O)N2CC(c3cc(F)cc(C4CNCCC4NC(=O)COC[C@H](C(=O)N4CC(c5cc(F)ccc5F)=C[C@H]4c4ccccc4)C4CC4)c3F)=C[C@H]2c2ccccc2)C2CC2)CC1. The molecule has 4 aromatic carbocycles. The predicted octanol–water partition coefficient (Wildman–Crippen LogP) is 7.23. The van der Waals surface area contributed by atoms with Crippen LogP contribution in [-0.4, -0.2) is 116 Å². The quantitative estimate of drug-likeness (QED) is 0.0941. The first-order valence-electron chi connectivity index (χ1n) is 25.7. The van der Waals surface area contributed by atoms with Crippen molar-refractivity contribution in [3.8, 4) is 0 Å². The fraction of sp³-hybridized carbons (Fsp3) is 0.439. The number of hydrogen-bond acceptors (Lipinski definition) is 8. The summed E-state index contributed by atoms with van der Waals surface area (Å²) in [4.78, 5) is 60.9. The average Bonchev–Trinajstić information content (AvgIpc) is 4.34. The summed E-state index contributed by atoms with van der Waals surface area (Å²) in [6.07, 6.45) is 7.68. The lowest BCUT2D eigenvalue weighted by atomic mass is 9.84. The van der Waals surface area contributed by atoms with E-state index in [0.29, 0.717) is 50.0 Å². The second kappa shape index (κ2) is 22.1.